The zero-order valence-electron chi connectivity index (χ0n) is 37.0. The summed E-state index contributed by atoms with van der Waals surface area (Å²) in [7, 11) is 0. The molecule has 1 saturated carbocycles. The summed E-state index contributed by atoms with van der Waals surface area (Å²) in [4.78, 5) is 2.48. The van der Waals surface area contributed by atoms with Crippen LogP contribution in [0.1, 0.15) is 43.6 Å². The Hall–Kier alpha value is -7.94. The minimum atomic E-state index is 0.662. The van der Waals surface area contributed by atoms with E-state index in [0.29, 0.717) is 5.92 Å². The van der Waals surface area contributed by atoms with Gasteiger partial charge in [0.05, 0.1) is 16.7 Å². The van der Waals surface area contributed by atoms with Gasteiger partial charge < -0.3 is 9.47 Å². The van der Waals surface area contributed by atoms with Gasteiger partial charge in [-0.3, -0.25) is 0 Å². The zero-order valence-corrected chi connectivity index (χ0v) is 37.0. The fourth-order valence-electron chi connectivity index (χ4n) is 10.8. The van der Waals surface area contributed by atoms with Crippen molar-refractivity contribution in [2.45, 2.75) is 38.0 Å². The second kappa shape index (κ2) is 17.2. The summed E-state index contributed by atoms with van der Waals surface area (Å²) in [6.07, 6.45) is 6.62. The van der Waals surface area contributed by atoms with E-state index in [1.165, 1.54) is 120 Å². The maximum Gasteiger partial charge on any atom is 0.0561 e. The Kier molecular flexibility index (Phi) is 10.3. The fourth-order valence-corrected chi connectivity index (χ4v) is 10.8. The second-order valence-electron chi connectivity index (χ2n) is 17.9. The molecule has 0 bridgehead atoms. The highest BCUT2D eigenvalue weighted by molar-refractivity contribution is 6.11. The average Bonchev–Trinajstić information content (AvgIpc) is 3.73. The smallest absolute Gasteiger partial charge is 0.0561 e. The van der Waals surface area contributed by atoms with Crippen LogP contribution in [-0.2, 0) is 0 Å². The number of hydrogen-bond acceptors (Lipinski definition) is 1. The number of nitrogens with zero attached hydrogens (tertiary/aromatic N) is 2. The molecule has 1 aliphatic rings. The van der Waals surface area contributed by atoms with Crippen LogP contribution in [0.2, 0.25) is 0 Å². The molecule has 1 fully saturated rings. The van der Waals surface area contributed by atoms with Crippen LogP contribution >= 0.6 is 0 Å². The summed E-state index contributed by atoms with van der Waals surface area (Å²) < 4.78 is 2.48. The first-order valence-corrected chi connectivity index (χ1v) is 23.6. The molecule has 0 saturated heterocycles. The molecule has 66 heavy (non-hydrogen) atoms. The first-order chi connectivity index (χ1) is 32.8. The summed E-state index contributed by atoms with van der Waals surface area (Å²) in [5.74, 6) is 0.662. The summed E-state index contributed by atoms with van der Waals surface area (Å²) in [5.41, 5.74) is 18.0. The largest absolute Gasteiger partial charge is 0.310 e. The topological polar surface area (TPSA) is 8.17 Å². The standard InChI is InChI=1S/C64H50N2/c1-5-18-45(19-6-1)46-32-37-53(38-33-46)66-60-31-16-15-28-58(60)59-42-41-54(44-62(59)66)65(61-43-36-49-24-13-14-27-57(49)64(61)50-25-11-4-12-26-50)52-39-34-51(35-40-52)63-55(47-20-7-2-8-21-47)29-17-30-56(63)48-22-9-3-10-23-48/h2-4,7-17,20-45H,1,5-6,18-19H2. The van der Waals surface area contributed by atoms with Crippen LogP contribution in [-0.4, -0.2) is 4.57 Å². The van der Waals surface area contributed by atoms with Crippen molar-refractivity contribution in [3.63, 3.8) is 0 Å². The number of para-hydroxylation sites is 1. The van der Waals surface area contributed by atoms with E-state index in [1.807, 2.05) is 0 Å². The molecular weight excluding hydrogens is 797 g/mol. The predicted octanol–water partition coefficient (Wildman–Crippen LogP) is 18.1. The van der Waals surface area contributed by atoms with Crippen molar-refractivity contribution in [3.05, 3.63) is 242 Å². The average molecular weight is 847 g/mol. The van der Waals surface area contributed by atoms with Crippen molar-refractivity contribution in [1.29, 1.82) is 0 Å². The first-order valence-electron chi connectivity index (χ1n) is 23.6. The van der Waals surface area contributed by atoms with Gasteiger partial charge in [-0.15, -0.1) is 0 Å². The molecule has 0 amide bonds. The lowest BCUT2D eigenvalue weighted by Crippen LogP contribution is -2.12. The molecule has 0 N–H and O–H groups in total. The lowest BCUT2D eigenvalue weighted by atomic mass is 9.84. The third-order valence-corrected chi connectivity index (χ3v) is 14.0. The first kappa shape index (κ1) is 39.6. The Bertz CT molecular complexity index is 3410. The molecule has 1 heterocycles. The van der Waals surface area contributed by atoms with E-state index in [1.54, 1.807) is 0 Å². The minimum absolute atomic E-state index is 0.662. The predicted molar refractivity (Wildman–Crippen MR) is 281 cm³/mol. The van der Waals surface area contributed by atoms with E-state index in [0.717, 1.165) is 17.1 Å². The van der Waals surface area contributed by atoms with Gasteiger partial charge in [-0.2, -0.15) is 0 Å². The van der Waals surface area contributed by atoms with Crippen LogP contribution in [0.3, 0.4) is 0 Å². The molecule has 10 aromatic carbocycles. The van der Waals surface area contributed by atoms with E-state index in [4.69, 9.17) is 0 Å². The number of benzene rings is 10. The van der Waals surface area contributed by atoms with Crippen LogP contribution in [0.25, 0.3) is 82.8 Å². The maximum atomic E-state index is 2.48. The monoisotopic (exact) mass is 846 g/mol. The van der Waals surface area contributed by atoms with Crippen molar-refractivity contribution in [1.82, 2.24) is 4.57 Å². The molecule has 2 heteroatoms. The van der Waals surface area contributed by atoms with Gasteiger partial charge in [-0.05, 0) is 123 Å². The molecule has 0 radical (unpaired) electrons. The normalized spacial score (nSPS) is 13.1. The minimum Gasteiger partial charge on any atom is -0.310 e. The maximum absolute atomic E-state index is 2.48. The molecule has 0 spiro atoms. The lowest BCUT2D eigenvalue weighted by Gasteiger charge is -2.29. The van der Waals surface area contributed by atoms with Gasteiger partial charge in [0.1, 0.15) is 0 Å². The molecule has 0 atom stereocenters. The molecule has 316 valence electrons. The molecule has 11 aromatic rings. The lowest BCUT2D eigenvalue weighted by molar-refractivity contribution is 0.443. The Balaban J connectivity index is 1.07. The molecule has 0 unspecified atom stereocenters. The third-order valence-electron chi connectivity index (χ3n) is 14.0. The van der Waals surface area contributed by atoms with Crippen molar-refractivity contribution in [2.24, 2.45) is 0 Å². The third kappa shape index (κ3) is 7.16. The van der Waals surface area contributed by atoms with E-state index in [9.17, 15) is 0 Å². The van der Waals surface area contributed by atoms with Crippen LogP contribution in [0.5, 0.6) is 0 Å². The summed E-state index contributed by atoms with van der Waals surface area (Å²) in [5, 5.41) is 4.94. The Morgan fingerprint density at radius 2 is 0.924 bits per heavy atom. The molecule has 0 aliphatic heterocycles. The number of rotatable bonds is 9. The van der Waals surface area contributed by atoms with Gasteiger partial charge in [0.25, 0.3) is 0 Å². The SMILES string of the molecule is c1ccc(-c2cccc(-c3ccccc3)c2-c2ccc(N(c3ccc4c5ccccc5n(-c5ccc(C6CCCCC6)cc5)c4c3)c3ccc4ccccc4c3-c3ccccc3)cc2)cc1. The van der Waals surface area contributed by atoms with E-state index in [2.05, 4.69) is 246 Å². The van der Waals surface area contributed by atoms with Gasteiger partial charge >= 0.3 is 0 Å². The van der Waals surface area contributed by atoms with Crippen molar-refractivity contribution < 1.29 is 0 Å². The van der Waals surface area contributed by atoms with E-state index < -0.39 is 0 Å². The van der Waals surface area contributed by atoms with Gasteiger partial charge in [0.15, 0.2) is 0 Å². The molecule has 12 rings (SSSR count). The molecular formula is C64H50N2. The van der Waals surface area contributed by atoms with Crippen LogP contribution in [0.15, 0.2) is 237 Å². The van der Waals surface area contributed by atoms with Crippen LogP contribution < -0.4 is 4.90 Å². The number of anilines is 3. The van der Waals surface area contributed by atoms with Crippen LogP contribution in [0.4, 0.5) is 17.1 Å². The van der Waals surface area contributed by atoms with Gasteiger partial charge in [0.2, 0.25) is 0 Å². The van der Waals surface area contributed by atoms with Crippen molar-refractivity contribution >= 4 is 49.6 Å². The fraction of sp³-hybridized carbons (Fsp3) is 0.0938. The zero-order chi connectivity index (χ0) is 43.8. The van der Waals surface area contributed by atoms with Gasteiger partial charge in [0, 0.05) is 33.4 Å². The molecule has 1 aromatic heterocycles. The van der Waals surface area contributed by atoms with Gasteiger partial charge in [-0.1, -0.05) is 207 Å². The highest BCUT2D eigenvalue weighted by atomic mass is 15.1. The quantitative estimate of drug-likeness (QED) is 0.140. The second-order valence-corrected chi connectivity index (χ2v) is 17.9. The van der Waals surface area contributed by atoms with Crippen molar-refractivity contribution in [3.8, 4) is 50.2 Å². The van der Waals surface area contributed by atoms with Crippen LogP contribution in [0, 0.1) is 0 Å². The summed E-state index contributed by atoms with van der Waals surface area (Å²) >= 11 is 0. The molecule has 2 nitrogen and oxygen atoms in total. The highest BCUT2D eigenvalue weighted by Gasteiger charge is 2.23. The summed E-state index contributed by atoms with van der Waals surface area (Å²) in [6.45, 7) is 0. The van der Waals surface area contributed by atoms with Gasteiger partial charge in [-0.25, -0.2) is 0 Å². The van der Waals surface area contributed by atoms with E-state index in [-0.39, 0.29) is 0 Å². The number of hydrogen-bond donors (Lipinski definition) is 0. The number of aromatic nitrogens is 1. The van der Waals surface area contributed by atoms with E-state index >= 15 is 0 Å². The highest BCUT2D eigenvalue weighted by Crippen LogP contribution is 2.47. The number of fused-ring (bicyclic) bond motifs is 4. The Morgan fingerprint density at radius 3 is 1.61 bits per heavy atom. The molecule has 1 aliphatic carbocycles. The summed E-state index contributed by atoms with van der Waals surface area (Å²) in [6, 6.07) is 87.3. The van der Waals surface area contributed by atoms with Crippen molar-refractivity contribution in [2.75, 3.05) is 4.90 Å². The Morgan fingerprint density at radius 1 is 0.364 bits per heavy atom. The Labute approximate surface area is 387 Å².